The third-order valence-electron chi connectivity index (χ3n) is 5.71. The van der Waals surface area contributed by atoms with Crippen LogP contribution in [0, 0.1) is 16.6 Å². The minimum atomic E-state index is -0.947. The lowest BCUT2D eigenvalue weighted by Crippen LogP contribution is -2.52. The van der Waals surface area contributed by atoms with Gasteiger partial charge in [0, 0.05) is 19.8 Å². The molecule has 0 spiro atoms. The molecule has 136 valence electrons. The number of carbonyl (C=O) groups excluding carboxylic acids is 1. The Bertz CT molecular complexity index is 651. The molecule has 3 rings (SSSR count). The van der Waals surface area contributed by atoms with E-state index >= 15 is 0 Å². The van der Waals surface area contributed by atoms with Crippen LogP contribution in [-0.2, 0) is 20.7 Å². The van der Waals surface area contributed by atoms with Crippen molar-refractivity contribution in [2.75, 3.05) is 19.8 Å². The summed E-state index contributed by atoms with van der Waals surface area (Å²) in [7, 11) is 0. The van der Waals surface area contributed by atoms with Crippen LogP contribution in [0.4, 0.5) is 4.39 Å². The van der Waals surface area contributed by atoms with Crippen LogP contribution in [0.3, 0.4) is 0 Å². The molecule has 1 amide bonds. The fourth-order valence-corrected chi connectivity index (χ4v) is 3.79. The molecule has 1 aliphatic carbocycles. The van der Waals surface area contributed by atoms with Gasteiger partial charge in [0.25, 0.3) is 0 Å². The highest BCUT2D eigenvalue weighted by molar-refractivity contribution is 5.85. The molecule has 25 heavy (non-hydrogen) atoms. The number of nitrogens with one attached hydrogen (secondary N) is 1. The molecule has 0 aromatic heterocycles. The molecule has 2 aliphatic rings. The number of carboxylic acids is 1. The number of amides is 1. The van der Waals surface area contributed by atoms with Crippen molar-refractivity contribution < 1.29 is 23.8 Å². The fourth-order valence-electron chi connectivity index (χ4n) is 3.79. The number of hydrogen-bond donors (Lipinski definition) is 2. The zero-order chi connectivity index (χ0) is 17.9. The van der Waals surface area contributed by atoms with Crippen LogP contribution >= 0.6 is 0 Å². The largest absolute Gasteiger partial charge is 0.481 e. The molecular formula is C19H24FNO4. The number of benzene rings is 1. The van der Waals surface area contributed by atoms with Gasteiger partial charge >= 0.3 is 5.97 Å². The third-order valence-corrected chi connectivity index (χ3v) is 5.71. The van der Waals surface area contributed by atoms with Crippen molar-refractivity contribution >= 4 is 11.9 Å². The Kier molecular flexibility index (Phi) is 5.08. The molecule has 1 saturated carbocycles. The van der Waals surface area contributed by atoms with Gasteiger partial charge in [0.1, 0.15) is 5.82 Å². The van der Waals surface area contributed by atoms with Gasteiger partial charge in [-0.05, 0) is 49.8 Å². The van der Waals surface area contributed by atoms with Gasteiger partial charge in [0.15, 0.2) is 0 Å². The van der Waals surface area contributed by atoms with Gasteiger partial charge in [-0.2, -0.15) is 0 Å². The number of carbonyl (C=O) groups is 2. The summed E-state index contributed by atoms with van der Waals surface area (Å²) in [4.78, 5) is 24.5. The van der Waals surface area contributed by atoms with Crippen molar-refractivity contribution in [3.05, 3.63) is 35.6 Å². The molecule has 1 aliphatic heterocycles. The van der Waals surface area contributed by atoms with Gasteiger partial charge in [0.2, 0.25) is 5.91 Å². The van der Waals surface area contributed by atoms with E-state index in [1.165, 1.54) is 12.1 Å². The van der Waals surface area contributed by atoms with Crippen LogP contribution < -0.4 is 5.32 Å². The van der Waals surface area contributed by atoms with Crippen LogP contribution in [0.15, 0.2) is 24.3 Å². The maximum atomic E-state index is 13.4. The number of aliphatic carboxylic acids is 1. The number of ether oxygens (including phenoxy) is 1. The lowest BCUT2D eigenvalue weighted by molar-refractivity contribution is -0.155. The minimum absolute atomic E-state index is 0.116. The first kappa shape index (κ1) is 17.9. The first-order valence-electron chi connectivity index (χ1n) is 8.80. The second kappa shape index (κ2) is 7.12. The van der Waals surface area contributed by atoms with Crippen LogP contribution in [-0.4, -0.2) is 36.7 Å². The minimum Gasteiger partial charge on any atom is -0.481 e. The fraction of sp³-hybridized carbons (Fsp3) is 0.579. The first-order chi connectivity index (χ1) is 12.0. The average Bonchev–Trinajstić information content (AvgIpc) is 2.57. The molecule has 2 N–H and O–H groups in total. The van der Waals surface area contributed by atoms with Gasteiger partial charge in [-0.15, -0.1) is 0 Å². The van der Waals surface area contributed by atoms with Crippen molar-refractivity contribution in [2.45, 2.75) is 38.5 Å². The molecule has 1 heterocycles. The van der Waals surface area contributed by atoms with Gasteiger partial charge in [-0.1, -0.05) is 18.6 Å². The van der Waals surface area contributed by atoms with Crippen molar-refractivity contribution in [3.63, 3.8) is 0 Å². The van der Waals surface area contributed by atoms with E-state index in [1.54, 1.807) is 6.07 Å². The smallest absolute Gasteiger partial charge is 0.311 e. The van der Waals surface area contributed by atoms with Gasteiger partial charge in [-0.25, -0.2) is 4.39 Å². The average molecular weight is 349 g/mol. The second-order valence-corrected chi connectivity index (χ2v) is 7.32. The Labute approximate surface area is 146 Å². The monoisotopic (exact) mass is 349 g/mol. The van der Waals surface area contributed by atoms with Crippen molar-refractivity contribution in [1.82, 2.24) is 5.32 Å². The molecule has 6 heteroatoms. The molecule has 0 atom stereocenters. The van der Waals surface area contributed by atoms with E-state index in [2.05, 4.69) is 5.32 Å². The molecule has 1 aromatic rings. The molecule has 0 bridgehead atoms. The molecule has 0 unspecified atom stereocenters. The van der Waals surface area contributed by atoms with E-state index in [9.17, 15) is 19.1 Å². The molecule has 0 radical (unpaired) electrons. The highest BCUT2D eigenvalue weighted by atomic mass is 19.1. The van der Waals surface area contributed by atoms with E-state index in [0.29, 0.717) is 32.5 Å². The normalized spacial score (nSPS) is 21.2. The number of halogens is 1. The van der Waals surface area contributed by atoms with E-state index in [-0.39, 0.29) is 18.3 Å². The zero-order valence-electron chi connectivity index (χ0n) is 14.2. The van der Waals surface area contributed by atoms with Crippen molar-refractivity contribution in [1.29, 1.82) is 0 Å². The summed E-state index contributed by atoms with van der Waals surface area (Å²) < 4.78 is 18.7. The Balaban J connectivity index is 1.67. The van der Waals surface area contributed by atoms with Gasteiger partial charge in [0.05, 0.1) is 10.8 Å². The standard InChI is InChI=1S/C19H24FNO4/c20-15-4-1-3-14(11-15)12-18(5-2-6-18)16(22)21-13-19(17(23)24)7-9-25-10-8-19/h1,3-4,11H,2,5-10,12-13H2,(H,21,22)(H,23,24). The Morgan fingerprint density at radius 1 is 1.16 bits per heavy atom. The number of rotatable bonds is 6. The summed E-state index contributed by atoms with van der Waals surface area (Å²) in [6.07, 6.45) is 3.75. The van der Waals surface area contributed by atoms with E-state index in [0.717, 1.165) is 24.8 Å². The maximum Gasteiger partial charge on any atom is 0.311 e. The second-order valence-electron chi connectivity index (χ2n) is 7.32. The number of carboxylic acid groups (broad SMARTS) is 1. The van der Waals surface area contributed by atoms with E-state index < -0.39 is 16.8 Å². The Morgan fingerprint density at radius 2 is 1.88 bits per heavy atom. The lowest BCUT2D eigenvalue weighted by atomic mass is 9.64. The lowest BCUT2D eigenvalue weighted by Gasteiger charge is -2.42. The Hall–Kier alpha value is -1.95. The van der Waals surface area contributed by atoms with Crippen LogP contribution in [0.2, 0.25) is 0 Å². The zero-order valence-corrected chi connectivity index (χ0v) is 14.2. The molecule has 1 aromatic carbocycles. The highest BCUT2D eigenvalue weighted by Gasteiger charge is 2.46. The summed E-state index contributed by atoms with van der Waals surface area (Å²) in [5.74, 6) is -1.31. The molecule has 5 nitrogen and oxygen atoms in total. The summed E-state index contributed by atoms with van der Waals surface area (Å²) in [6.45, 7) is 0.919. The molecule has 1 saturated heterocycles. The van der Waals surface area contributed by atoms with Crippen LogP contribution in [0.5, 0.6) is 0 Å². The van der Waals surface area contributed by atoms with E-state index in [1.807, 2.05) is 6.07 Å². The molecular weight excluding hydrogens is 325 g/mol. The topological polar surface area (TPSA) is 75.6 Å². The summed E-state index contributed by atoms with van der Waals surface area (Å²) >= 11 is 0. The third kappa shape index (κ3) is 3.68. The van der Waals surface area contributed by atoms with E-state index in [4.69, 9.17) is 4.74 Å². The van der Waals surface area contributed by atoms with Crippen LogP contribution in [0.1, 0.15) is 37.7 Å². The summed E-state index contributed by atoms with van der Waals surface area (Å²) in [6, 6.07) is 6.33. The summed E-state index contributed by atoms with van der Waals surface area (Å²) in [5, 5.41) is 12.5. The van der Waals surface area contributed by atoms with Gasteiger partial charge in [-0.3, -0.25) is 9.59 Å². The predicted molar refractivity (Wildman–Crippen MR) is 89.5 cm³/mol. The molecule has 2 fully saturated rings. The SMILES string of the molecule is O=C(O)C1(CNC(=O)C2(Cc3cccc(F)c3)CCC2)CCOCC1. The predicted octanol–water partition coefficient (Wildman–Crippen LogP) is 2.54. The van der Waals surface area contributed by atoms with Gasteiger partial charge < -0.3 is 15.2 Å². The highest BCUT2D eigenvalue weighted by Crippen LogP contribution is 2.44. The van der Waals surface area contributed by atoms with Crippen molar-refractivity contribution in [2.24, 2.45) is 10.8 Å². The first-order valence-corrected chi connectivity index (χ1v) is 8.80. The quantitative estimate of drug-likeness (QED) is 0.828. The maximum absolute atomic E-state index is 13.4. The van der Waals surface area contributed by atoms with Crippen LogP contribution in [0.25, 0.3) is 0 Å². The van der Waals surface area contributed by atoms with Crippen molar-refractivity contribution in [3.8, 4) is 0 Å². The Morgan fingerprint density at radius 3 is 2.44 bits per heavy atom. The number of hydrogen-bond acceptors (Lipinski definition) is 3. The summed E-state index contributed by atoms with van der Waals surface area (Å²) in [5.41, 5.74) is -0.690.